The van der Waals surface area contributed by atoms with Gasteiger partial charge in [0.25, 0.3) is 0 Å². The first-order valence-corrected chi connectivity index (χ1v) is 6.10. The first-order chi connectivity index (χ1) is 7.44. The molecule has 4 nitrogen and oxygen atoms in total. The van der Waals surface area contributed by atoms with Crippen molar-refractivity contribution in [2.45, 2.75) is 38.8 Å². The van der Waals surface area contributed by atoms with Gasteiger partial charge in [-0.1, -0.05) is 6.92 Å². The highest BCUT2D eigenvalue weighted by molar-refractivity contribution is 5.82. The Labute approximate surface area is 99.0 Å². The number of carbonyl (C=O) groups excluding carboxylic acids is 1. The second-order valence-corrected chi connectivity index (χ2v) is 5.18. The summed E-state index contributed by atoms with van der Waals surface area (Å²) in [4.78, 5) is 16.4. The molecule has 1 atom stereocenters. The average Bonchev–Trinajstić information content (AvgIpc) is 2.30. The summed E-state index contributed by atoms with van der Waals surface area (Å²) in [5.41, 5.74) is 0.0939. The SMILES string of the molecule is CCN1C(CNC)C(=O)N(C)CCC1(C)C. The number of amides is 1. The van der Waals surface area contributed by atoms with Crippen LogP contribution in [0.15, 0.2) is 0 Å². The topological polar surface area (TPSA) is 35.6 Å². The lowest BCUT2D eigenvalue weighted by atomic mass is 9.97. The standard InChI is InChI=1S/C12H25N3O/c1-6-15-10(9-13-4)11(16)14(5)8-7-12(15,2)3/h10,13H,6-9H2,1-5H3. The van der Waals surface area contributed by atoms with Crippen LogP contribution in [0.5, 0.6) is 0 Å². The Kier molecular flexibility index (Phi) is 4.33. The van der Waals surface area contributed by atoms with Crippen molar-refractivity contribution in [3.05, 3.63) is 0 Å². The molecule has 1 heterocycles. The molecule has 1 unspecified atom stereocenters. The van der Waals surface area contributed by atoms with Crippen LogP contribution in [0.25, 0.3) is 0 Å². The van der Waals surface area contributed by atoms with Gasteiger partial charge in [0.15, 0.2) is 0 Å². The molecule has 0 aromatic rings. The summed E-state index contributed by atoms with van der Waals surface area (Å²) in [5.74, 6) is 0.238. The van der Waals surface area contributed by atoms with Crippen molar-refractivity contribution in [2.75, 3.05) is 33.7 Å². The van der Waals surface area contributed by atoms with Gasteiger partial charge in [0.1, 0.15) is 6.04 Å². The molecule has 0 aromatic heterocycles. The average molecular weight is 227 g/mol. The van der Waals surface area contributed by atoms with E-state index in [1.54, 1.807) is 0 Å². The molecule has 1 saturated heterocycles. The van der Waals surface area contributed by atoms with Gasteiger partial charge < -0.3 is 10.2 Å². The summed E-state index contributed by atoms with van der Waals surface area (Å²) < 4.78 is 0. The molecule has 1 aliphatic rings. The Morgan fingerprint density at radius 1 is 1.50 bits per heavy atom. The molecule has 0 saturated carbocycles. The number of nitrogens with one attached hydrogen (secondary N) is 1. The Balaban J connectivity index is 2.98. The van der Waals surface area contributed by atoms with E-state index < -0.39 is 0 Å². The first-order valence-electron chi connectivity index (χ1n) is 6.10. The summed E-state index contributed by atoms with van der Waals surface area (Å²) in [6, 6.07) is -0.0301. The van der Waals surface area contributed by atoms with Crippen LogP contribution in [0.4, 0.5) is 0 Å². The van der Waals surface area contributed by atoms with Gasteiger partial charge in [0.2, 0.25) is 5.91 Å². The number of rotatable bonds is 3. The van der Waals surface area contributed by atoms with E-state index in [0.717, 1.165) is 26.1 Å². The maximum Gasteiger partial charge on any atom is 0.241 e. The fourth-order valence-electron chi connectivity index (χ4n) is 2.54. The van der Waals surface area contributed by atoms with Gasteiger partial charge in [-0.05, 0) is 33.9 Å². The normalized spacial score (nSPS) is 26.9. The van der Waals surface area contributed by atoms with E-state index in [4.69, 9.17) is 0 Å². The Morgan fingerprint density at radius 2 is 2.12 bits per heavy atom. The van der Waals surface area contributed by atoms with E-state index in [-0.39, 0.29) is 17.5 Å². The Bertz CT molecular complexity index is 253. The van der Waals surface area contributed by atoms with Gasteiger partial charge in [0.05, 0.1) is 0 Å². The molecular formula is C12H25N3O. The molecule has 1 fully saturated rings. The summed E-state index contributed by atoms with van der Waals surface area (Å²) in [5, 5.41) is 3.13. The Hall–Kier alpha value is -0.610. The van der Waals surface area contributed by atoms with Crippen molar-refractivity contribution in [1.29, 1.82) is 0 Å². The first kappa shape index (κ1) is 13.5. The summed E-state index contributed by atoms with van der Waals surface area (Å²) in [6.45, 7) is 9.07. The molecule has 16 heavy (non-hydrogen) atoms. The van der Waals surface area contributed by atoms with Gasteiger partial charge in [-0.15, -0.1) is 0 Å². The highest BCUT2D eigenvalue weighted by atomic mass is 16.2. The quantitative estimate of drug-likeness (QED) is 0.764. The zero-order chi connectivity index (χ0) is 12.3. The van der Waals surface area contributed by atoms with Crippen LogP contribution >= 0.6 is 0 Å². The van der Waals surface area contributed by atoms with Crippen LogP contribution in [0, 0.1) is 0 Å². The smallest absolute Gasteiger partial charge is 0.241 e. The van der Waals surface area contributed by atoms with Gasteiger partial charge in [-0.3, -0.25) is 9.69 Å². The third-order valence-corrected chi connectivity index (χ3v) is 3.61. The molecular weight excluding hydrogens is 202 g/mol. The lowest BCUT2D eigenvalue weighted by Crippen LogP contribution is -2.55. The largest absolute Gasteiger partial charge is 0.344 e. The fourth-order valence-corrected chi connectivity index (χ4v) is 2.54. The lowest BCUT2D eigenvalue weighted by molar-refractivity contribution is -0.135. The van der Waals surface area contributed by atoms with Crippen molar-refractivity contribution in [3.8, 4) is 0 Å². The minimum absolute atomic E-state index is 0.0301. The molecule has 4 heteroatoms. The van der Waals surface area contributed by atoms with Gasteiger partial charge in [-0.25, -0.2) is 0 Å². The molecule has 1 rings (SSSR count). The van der Waals surface area contributed by atoms with Crippen LogP contribution in [0.3, 0.4) is 0 Å². The van der Waals surface area contributed by atoms with Crippen molar-refractivity contribution in [3.63, 3.8) is 0 Å². The number of nitrogens with zero attached hydrogens (tertiary/aromatic N) is 2. The molecule has 1 amide bonds. The Morgan fingerprint density at radius 3 is 2.62 bits per heavy atom. The third kappa shape index (κ3) is 2.55. The van der Waals surface area contributed by atoms with Gasteiger partial charge in [0, 0.05) is 25.7 Å². The third-order valence-electron chi connectivity index (χ3n) is 3.61. The predicted octanol–water partition coefficient (Wildman–Crippen LogP) is 0.537. The van der Waals surface area contributed by atoms with E-state index in [1.165, 1.54) is 0 Å². The molecule has 0 aliphatic carbocycles. The lowest BCUT2D eigenvalue weighted by Gasteiger charge is -2.40. The van der Waals surface area contributed by atoms with Crippen LogP contribution in [0.1, 0.15) is 27.2 Å². The van der Waals surface area contributed by atoms with Gasteiger partial charge >= 0.3 is 0 Å². The minimum Gasteiger partial charge on any atom is -0.344 e. The van der Waals surface area contributed by atoms with E-state index >= 15 is 0 Å². The van der Waals surface area contributed by atoms with Crippen molar-refractivity contribution in [2.24, 2.45) is 0 Å². The maximum atomic E-state index is 12.2. The van der Waals surface area contributed by atoms with Crippen molar-refractivity contribution >= 4 is 5.91 Å². The maximum absolute atomic E-state index is 12.2. The minimum atomic E-state index is -0.0301. The van der Waals surface area contributed by atoms with Crippen molar-refractivity contribution in [1.82, 2.24) is 15.1 Å². The fraction of sp³-hybridized carbons (Fsp3) is 0.917. The number of likely N-dealkylation sites (N-methyl/N-ethyl adjacent to an activating group) is 3. The highest BCUT2D eigenvalue weighted by Gasteiger charge is 2.39. The molecule has 94 valence electrons. The molecule has 0 radical (unpaired) electrons. The molecule has 1 N–H and O–H groups in total. The second-order valence-electron chi connectivity index (χ2n) is 5.18. The molecule has 0 aromatic carbocycles. The van der Waals surface area contributed by atoms with E-state index in [9.17, 15) is 4.79 Å². The number of carbonyl (C=O) groups is 1. The summed E-state index contributed by atoms with van der Waals surface area (Å²) in [7, 11) is 3.80. The zero-order valence-corrected chi connectivity index (χ0v) is 11.2. The summed E-state index contributed by atoms with van der Waals surface area (Å²) in [6.07, 6.45) is 1.03. The monoisotopic (exact) mass is 227 g/mol. The highest BCUT2D eigenvalue weighted by Crippen LogP contribution is 2.25. The van der Waals surface area contributed by atoms with E-state index in [2.05, 4.69) is 31.0 Å². The molecule has 0 spiro atoms. The summed E-state index contributed by atoms with van der Waals surface area (Å²) >= 11 is 0. The second kappa shape index (κ2) is 5.15. The van der Waals surface area contributed by atoms with E-state index in [1.807, 2.05) is 19.0 Å². The van der Waals surface area contributed by atoms with Crippen LogP contribution in [0.2, 0.25) is 0 Å². The van der Waals surface area contributed by atoms with E-state index in [0.29, 0.717) is 0 Å². The van der Waals surface area contributed by atoms with Crippen LogP contribution in [-0.2, 0) is 4.79 Å². The van der Waals surface area contributed by atoms with Gasteiger partial charge in [-0.2, -0.15) is 0 Å². The van der Waals surface area contributed by atoms with Crippen LogP contribution in [-0.4, -0.2) is 61.0 Å². The predicted molar refractivity (Wildman–Crippen MR) is 66.4 cm³/mol. The van der Waals surface area contributed by atoms with Crippen LogP contribution < -0.4 is 5.32 Å². The number of hydrogen-bond donors (Lipinski definition) is 1. The van der Waals surface area contributed by atoms with Crippen molar-refractivity contribution < 1.29 is 4.79 Å². The molecule has 1 aliphatic heterocycles. The number of hydrogen-bond acceptors (Lipinski definition) is 3. The zero-order valence-electron chi connectivity index (χ0n) is 11.2. The molecule has 0 bridgehead atoms.